The van der Waals surface area contributed by atoms with Crippen molar-refractivity contribution in [2.75, 3.05) is 20.2 Å². The maximum atomic E-state index is 11.8. The Morgan fingerprint density at radius 3 is 2.84 bits per heavy atom. The van der Waals surface area contributed by atoms with Gasteiger partial charge in [-0.1, -0.05) is 34.2 Å². The fourth-order valence-corrected chi connectivity index (χ4v) is 1.88. The highest BCUT2D eigenvalue weighted by Gasteiger charge is 2.08. The van der Waals surface area contributed by atoms with Crippen LogP contribution in [-0.4, -0.2) is 36.0 Å². The topological polar surface area (TPSA) is 55.6 Å². The van der Waals surface area contributed by atoms with Crippen molar-refractivity contribution in [2.24, 2.45) is 5.73 Å². The van der Waals surface area contributed by atoms with Gasteiger partial charge >= 0.3 is 0 Å². The summed E-state index contributed by atoms with van der Waals surface area (Å²) in [4.78, 5) is 13.8. The van der Waals surface area contributed by atoms with Gasteiger partial charge in [0.2, 0.25) is 5.91 Å². The summed E-state index contributed by atoms with van der Waals surface area (Å²) in [6.07, 6.45) is 0.879. The lowest BCUT2D eigenvalue weighted by molar-refractivity contribution is -0.130. The third-order valence-corrected chi connectivity index (χ3v) is 3.20. The van der Waals surface area contributed by atoms with Crippen molar-refractivity contribution in [2.45, 2.75) is 12.8 Å². The molecule has 0 unspecified atom stereocenters. The average Bonchev–Trinajstić information content (AvgIpc) is 2.35. The van der Waals surface area contributed by atoms with E-state index in [0.29, 0.717) is 31.0 Å². The molecule has 0 aromatic heterocycles. The van der Waals surface area contributed by atoms with Crippen molar-refractivity contribution in [3.63, 3.8) is 0 Å². The van der Waals surface area contributed by atoms with Crippen LogP contribution in [0.2, 0.25) is 0 Å². The van der Waals surface area contributed by atoms with E-state index in [9.17, 15) is 4.79 Å². The van der Waals surface area contributed by atoms with Gasteiger partial charge in [0.15, 0.2) is 0 Å². The Morgan fingerprint density at radius 2 is 2.21 bits per heavy atom. The number of hydrogen-bond donors (Lipinski definition) is 1. The molecule has 1 aromatic carbocycles. The van der Waals surface area contributed by atoms with Crippen molar-refractivity contribution in [3.05, 3.63) is 28.7 Å². The van der Waals surface area contributed by atoms with E-state index in [4.69, 9.17) is 22.7 Å². The molecule has 0 bridgehead atoms. The number of nitrogens with zero attached hydrogens (tertiary/aromatic N) is 1. The van der Waals surface area contributed by atoms with E-state index in [1.165, 1.54) is 0 Å². The normalized spacial score (nSPS) is 10.0. The number of ether oxygens (including phenoxy) is 1. The molecule has 0 aliphatic rings. The largest absolute Gasteiger partial charge is 0.493 e. The summed E-state index contributed by atoms with van der Waals surface area (Å²) in [6.45, 7) is 0.901. The Bertz CT molecular complexity index is 454. The second-order valence-electron chi connectivity index (χ2n) is 4.09. The van der Waals surface area contributed by atoms with Crippen LogP contribution >= 0.6 is 28.1 Å². The number of thiocarbonyl (C=S) groups is 1. The molecule has 1 rings (SSSR count). The maximum absolute atomic E-state index is 11.8. The Kier molecular flexibility index (Phi) is 6.80. The number of benzene rings is 1. The number of carbonyl (C=O) groups excluding carboxylic acids is 1. The summed E-state index contributed by atoms with van der Waals surface area (Å²) < 4.78 is 6.45. The SMILES string of the molecule is CN(CCC(N)=S)C(=O)CCOc1cccc(Br)c1. The third-order valence-electron chi connectivity index (χ3n) is 2.50. The van der Waals surface area contributed by atoms with Crippen LogP contribution in [0.4, 0.5) is 0 Å². The van der Waals surface area contributed by atoms with Crippen LogP contribution in [0.1, 0.15) is 12.8 Å². The molecule has 1 aromatic rings. The zero-order valence-corrected chi connectivity index (χ0v) is 13.2. The molecule has 0 heterocycles. The molecule has 0 aliphatic carbocycles. The minimum absolute atomic E-state index is 0.0197. The minimum Gasteiger partial charge on any atom is -0.493 e. The van der Waals surface area contributed by atoms with E-state index >= 15 is 0 Å². The number of amides is 1. The molecule has 0 fully saturated rings. The first-order valence-corrected chi connectivity index (χ1v) is 7.10. The number of hydrogen-bond acceptors (Lipinski definition) is 3. The van der Waals surface area contributed by atoms with Crippen molar-refractivity contribution < 1.29 is 9.53 Å². The minimum atomic E-state index is 0.0197. The lowest BCUT2D eigenvalue weighted by Crippen LogP contribution is -2.30. The predicted molar refractivity (Wildman–Crippen MR) is 83.3 cm³/mol. The maximum Gasteiger partial charge on any atom is 0.225 e. The van der Waals surface area contributed by atoms with E-state index in [2.05, 4.69) is 15.9 Å². The van der Waals surface area contributed by atoms with Gasteiger partial charge in [-0.05, 0) is 18.2 Å². The average molecular weight is 345 g/mol. The number of nitrogens with two attached hydrogens (primary N) is 1. The Labute approximate surface area is 127 Å². The van der Waals surface area contributed by atoms with Crippen LogP contribution < -0.4 is 10.5 Å². The second-order valence-corrected chi connectivity index (χ2v) is 5.53. The highest BCUT2D eigenvalue weighted by Crippen LogP contribution is 2.17. The van der Waals surface area contributed by atoms with E-state index in [1.807, 2.05) is 24.3 Å². The van der Waals surface area contributed by atoms with Gasteiger partial charge in [-0.2, -0.15) is 0 Å². The van der Waals surface area contributed by atoms with Gasteiger partial charge in [0.1, 0.15) is 5.75 Å². The van der Waals surface area contributed by atoms with Crippen LogP contribution in [0.25, 0.3) is 0 Å². The summed E-state index contributed by atoms with van der Waals surface area (Å²) in [5.41, 5.74) is 5.40. The molecule has 6 heteroatoms. The number of halogens is 1. The monoisotopic (exact) mass is 344 g/mol. The fourth-order valence-electron chi connectivity index (χ4n) is 1.41. The van der Waals surface area contributed by atoms with Crippen LogP contribution in [0.3, 0.4) is 0 Å². The molecule has 4 nitrogen and oxygen atoms in total. The van der Waals surface area contributed by atoms with Gasteiger partial charge in [0.25, 0.3) is 0 Å². The van der Waals surface area contributed by atoms with E-state index in [1.54, 1.807) is 11.9 Å². The summed E-state index contributed by atoms with van der Waals surface area (Å²) >= 11 is 8.14. The number of rotatable bonds is 7. The molecule has 0 atom stereocenters. The van der Waals surface area contributed by atoms with Gasteiger partial charge < -0.3 is 15.4 Å². The molecule has 0 radical (unpaired) electrons. The highest BCUT2D eigenvalue weighted by atomic mass is 79.9. The van der Waals surface area contributed by atoms with E-state index < -0.39 is 0 Å². The molecule has 19 heavy (non-hydrogen) atoms. The lowest BCUT2D eigenvalue weighted by Gasteiger charge is -2.16. The smallest absolute Gasteiger partial charge is 0.225 e. The lowest BCUT2D eigenvalue weighted by atomic mass is 10.3. The van der Waals surface area contributed by atoms with Gasteiger partial charge in [0.05, 0.1) is 18.0 Å². The molecule has 2 N–H and O–H groups in total. The molecule has 0 saturated heterocycles. The van der Waals surface area contributed by atoms with Crippen LogP contribution in [0.5, 0.6) is 5.75 Å². The summed E-state index contributed by atoms with van der Waals surface area (Å²) in [7, 11) is 1.74. The Morgan fingerprint density at radius 1 is 1.47 bits per heavy atom. The van der Waals surface area contributed by atoms with Crippen LogP contribution in [0.15, 0.2) is 28.7 Å². The molecule has 104 valence electrons. The molecule has 1 amide bonds. The first-order chi connectivity index (χ1) is 8.99. The van der Waals surface area contributed by atoms with Gasteiger partial charge in [-0.15, -0.1) is 0 Å². The second kappa shape index (κ2) is 8.12. The molecular formula is C13H17BrN2O2S. The van der Waals surface area contributed by atoms with Crippen molar-refractivity contribution >= 4 is 39.0 Å². The van der Waals surface area contributed by atoms with Crippen LogP contribution in [-0.2, 0) is 4.79 Å². The first kappa shape index (κ1) is 15.9. The standard InChI is InChI=1S/C13H17BrN2O2S/c1-16(7-5-12(15)19)13(17)6-8-18-11-4-2-3-10(14)9-11/h2-4,9H,5-8H2,1H3,(H2,15,19). The third kappa shape index (κ3) is 6.54. The molecule has 0 spiro atoms. The van der Waals surface area contributed by atoms with E-state index in [0.717, 1.165) is 10.2 Å². The molecule has 0 saturated carbocycles. The van der Waals surface area contributed by atoms with Crippen molar-refractivity contribution in [1.82, 2.24) is 4.90 Å². The summed E-state index contributed by atoms with van der Waals surface area (Å²) in [6, 6.07) is 7.52. The van der Waals surface area contributed by atoms with Gasteiger partial charge in [-0.3, -0.25) is 4.79 Å². The fraction of sp³-hybridized carbons (Fsp3) is 0.385. The van der Waals surface area contributed by atoms with E-state index in [-0.39, 0.29) is 5.91 Å². The van der Waals surface area contributed by atoms with Crippen molar-refractivity contribution in [1.29, 1.82) is 0 Å². The van der Waals surface area contributed by atoms with Crippen LogP contribution in [0, 0.1) is 0 Å². The van der Waals surface area contributed by atoms with Crippen molar-refractivity contribution in [3.8, 4) is 5.75 Å². The highest BCUT2D eigenvalue weighted by molar-refractivity contribution is 9.10. The molecular weight excluding hydrogens is 328 g/mol. The van der Waals surface area contributed by atoms with Gasteiger partial charge in [-0.25, -0.2) is 0 Å². The Hall–Kier alpha value is -1.14. The summed E-state index contributed by atoms with van der Waals surface area (Å²) in [5.74, 6) is 0.763. The predicted octanol–water partition coefficient (Wildman–Crippen LogP) is 2.35. The zero-order valence-electron chi connectivity index (χ0n) is 10.8. The number of carbonyl (C=O) groups is 1. The Balaban J connectivity index is 2.28. The quantitative estimate of drug-likeness (QED) is 0.771. The van der Waals surface area contributed by atoms with Gasteiger partial charge in [0, 0.05) is 24.5 Å². The summed E-state index contributed by atoms with van der Waals surface area (Å²) in [5, 5.41) is 0. The first-order valence-electron chi connectivity index (χ1n) is 5.89. The zero-order chi connectivity index (χ0) is 14.3. The molecule has 0 aliphatic heterocycles.